The third-order valence-corrected chi connectivity index (χ3v) is 9.66. The van der Waals surface area contributed by atoms with Crippen molar-refractivity contribution in [3.05, 3.63) is 135 Å². The summed E-state index contributed by atoms with van der Waals surface area (Å²) >= 11 is 0. The second-order valence-electron chi connectivity index (χ2n) is 13.3. The summed E-state index contributed by atoms with van der Waals surface area (Å²) in [6.07, 6.45) is 0.229. The van der Waals surface area contributed by atoms with Crippen LogP contribution >= 0.6 is 0 Å². The highest BCUT2D eigenvalue weighted by Gasteiger charge is 2.57. The van der Waals surface area contributed by atoms with Gasteiger partial charge in [-0.15, -0.1) is 0 Å². The van der Waals surface area contributed by atoms with E-state index in [0.717, 1.165) is 40.1 Å². The number of aromatic carboxylic acids is 1. The minimum absolute atomic E-state index is 0.0166. The summed E-state index contributed by atoms with van der Waals surface area (Å²) in [6.45, 7) is 0.0817. The number of carboxylic acids is 1. The lowest BCUT2D eigenvalue weighted by atomic mass is 10.0. The molecular formula is C39H33F3N6O7. The molecule has 0 radical (unpaired) electrons. The average Bonchev–Trinajstić information content (AvgIpc) is 3.58. The first kappa shape index (κ1) is 36.6. The highest BCUT2D eigenvalue weighted by atomic mass is 19.1. The molecule has 0 bridgehead atoms. The molecule has 282 valence electrons. The monoisotopic (exact) mass is 754 g/mol. The fourth-order valence-corrected chi connectivity index (χ4v) is 6.86. The Morgan fingerprint density at radius 2 is 1.56 bits per heavy atom. The number of fused-ring (bicyclic) bond motifs is 2. The molecule has 13 nitrogen and oxygen atoms in total. The molecule has 7 rings (SSSR count). The summed E-state index contributed by atoms with van der Waals surface area (Å²) in [5.41, 5.74) is -0.767. The van der Waals surface area contributed by atoms with Gasteiger partial charge in [0.25, 0.3) is 0 Å². The molecule has 2 aliphatic rings. The fourth-order valence-electron chi connectivity index (χ4n) is 6.86. The van der Waals surface area contributed by atoms with Crippen LogP contribution in [0, 0.1) is 29.3 Å². The predicted octanol–water partition coefficient (Wildman–Crippen LogP) is 3.71. The first-order valence-electron chi connectivity index (χ1n) is 17.2. The van der Waals surface area contributed by atoms with Crippen LogP contribution in [-0.4, -0.2) is 70.3 Å². The Morgan fingerprint density at radius 1 is 0.891 bits per heavy atom. The van der Waals surface area contributed by atoms with E-state index in [1.165, 1.54) is 0 Å². The number of carbonyl (C=O) groups excluding carboxylic acids is 3. The second kappa shape index (κ2) is 15.3. The Kier molecular flexibility index (Phi) is 10.2. The zero-order valence-electron chi connectivity index (χ0n) is 28.9. The van der Waals surface area contributed by atoms with Gasteiger partial charge < -0.3 is 30.7 Å². The normalized spacial score (nSPS) is 17.6. The van der Waals surface area contributed by atoms with Crippen LogP contribution in [0.25, 0.3) is 16.7 Å². The summed E-state index contributed by atoms with van der Waals surface area (Å²) in [7, 11) is 0. The SMILES string of the molecule is O=C(CNC(=O)OCc1ccccc1)N[C@@H](Cc1ccccc1)C(=O)N[C@H]1[C@@H]2CN(c3nc4c(cc3F)c(=O)c(C(=O)O)cn4-c3ccc(F)cc3F)C[C@@H]21. The van der Waals surface area contributed by atoms with Crippen molar-refractivity contribution in [1.29, 1.82) is 0 Å². The Balaban J connectivity index is 1.03. The molecule has 1 saturated carbocycles. The van der Waals surface area contributed by atoms with Crippen LogP contribution in [0.1, 0.15) is 21.5 Å². The average molecular weight is 755 g/mol. The molecule has 0 unspecified atom stereocenters. The maximum absolute atomic E-state index is 15.6. The number of carbonyl (C=O) groups is 4. The number of pyridine rings is 2. The largest absolute Gasteiger partial charge is 0.477 e. The third kappa shape index (κ3) is 7.97. The van der Waals surface area contributed by atoms with Gasteiger partial charge in [-0.3, -0.25) is 19.0 Å². The summed E-state index contributed by atoms with van der Waals surface area (Å²) in [5.74, 6) is -5.97. The number of hydrogen-bond donors (Lipinski definition) is 4. The van der Waals surface area contributed by atoms with Crippen molar-refractivity contribution < 1.29 is 42.2 Å². The van der Waals surface area contributed by atoms with Crippen LogP contribution in [-0.2, 0) is 27.4 Å². The van der Waals surface area contributed by atoms with Crippen LogP contribution in [0.5, 0.6) is 0 Å². The summed E-state index contributed by atoms with van der Waals surface area (Å²) < 4.78 is 50.3. The standard InChI is InChI=1S/C39H33F3N6O7/c40-23-11-12-31(28(41)14-23)48-19-27(38(52)53)34(50)24-15-29(42)36(46-35(24)48)47-17-25-26(18-47)33(25)45-37(51)30(13-21-7-3-1-4-8-21)44-32(49)16-43-39(54)55-20-22-9-5-2-6-10-22/h1-12,14-15,19,25-26,30,33H,13,16-18,20H2,(H,43,54)(H,44,49)(H,45,51)(H,52,53)/t25-,26+,30-,33+/m0/s1. The maximum Gasteiger partial charge on any atom is 0.407 e. The number of hydrogen-bond acceptors (Lipinski definition) is 8. The van der Waals surface area contributed by atoms with Crippen LogP contribution in [0.2, 0.25) is 0 Å². The highest BCUT2D eigenvalue weighted by Crippen LogP contribution is 2.47. The fraction of sp³-hybridized carbons (Fsp3) is 0.231. The number of piperidine rings is 1. The number of carboxylic acid groups (broad SMARTS) is 1. The van der Waals surface area contributed by atoms with E-state index < -0.39 is 70.3 Å². The smallest absolute Gasteiger partial charge is 0.407 e. The van der Waals surface area contributed by atoms with E-state index >= 15 is 4.39 Å². The van der Waals surface area contributed by atoms with Crippen molar-refractivity contribution >= 4 is 40.7 Å². The second-order valence-corrected chi connectivity index (χ2v) is 13.3. The van der Waals surface area contributed by atoms with Gasteiger partial charge in [0.05, 0.1) is 11.1 Å². The molecule has 1 aliphatic carbocycles. The Hall–Kier alpha value is -6.71. The lowest BCUT2D eigenvalue weighted by Crippen LogP contribution is -2.51. The van der Waals surface area contributed by atoms with Crippen LogP contribution < -0.4 is 26.3 Å². The molecule has 3 heterocycles. The minimum atomic E-state index is -1.62. The zero-order chi connectivity index (χ0) is 38.8. The van der Waals surface area contributed by atoms with Gasteiger partial charge in [0.2, 0.25) is 17.2 Å². The first-order chi connectivity index (χ1) is 26.5. The van der Waals surface area contributed by atoms with Gasteiger partial charge in [-0.1, -0.05) is 60.7 Å². The number of rotatable bonds is 12. The number of nitrogens with one attached hydrogen (secondary N) is 3. The number of aromatic nitrogens is 2. The maximum atomic E-state index is 15.6. The number of benzene rings is 3. The molecule has 1 aliphatic heterocycles. The lowest BCUT2D eigenvalue weighted by molar-refractivity contribution is -0.128. The van der Waals surface area contributed by atoms with Crippen molar-refractivity contribution in [2.24, 2.45) is 11.8 Å². The van der Waals surface area contributed by atoms with Crippen molar-refractivity contribution in [1.82, 2.24) is 25.5 Å². The molecule has 55 heavy (non-hydrogen) atoms. The number of anilines is 1. The predicted molar refractivity (Wildman–Crippen MR) is 192 cm³/mol. The van der Waals surface area contributed by atoms with Crippen LogP contribution in [0.3, 0.4) is 0 Å². The molecular weight excluding hydrogens is 721 g/mol. The molecule has 1 saturated heterocycles. The molecule has 2 fully saturated rings. The lowest BCUT2D eigenvalue weighted by Gasteiger charge is -2.24. The summed E-state index contributed by atoms with van der Waals surface area (Å²) in [6, 6.07) is 20.2. The van der Waals surface area contributed by atoms with E-state index in [9.17, 15) is 37.9 Å². The van der Waals surface area contributed by atoms with E-state index in [2.05, 4.69) is 20.9 Å². The zero-order valence-corrected chi connectivity index (χ0v) is 28.9. The van der Waals surface area contributed by atoms with Crippen molar-refractivity contribution in [3.63, 3.8) is 0 Å². The van der Waals surface area contributed by atoms with E-state index in [1.807, 2.05) is 24.3 Å². The molecule has 2 aromatic heterocycles. The topological polar surface area (TPSA) is 172 Å². The van der Waals surface area contributed by atoms with Crippen LogP contribution in [0.4, 0.5) is 23.8 Å². The van der Waals surface area contributed by atoms with Crippen LogP contribution in [0.15, 0.2) is 95.9 Å². The van der Waals surface area contributed by atoms with Gasteiger partial charge in [0.15, 0.2) is 17.3 Å². The molecule has 4 atom stereocenters. The summed E-state index contributed by atoms with van der Waals surface area (Å²) in [4.78, 5) is 69.4. The van der Waals surface area contributed by atoms with E-state index in [-0.39, 0.29) is 61.1 Å². The molecule has 3 amide bonds. The van der Waals surface area contributed by atoms with Gasteiger partial charge in [0.1, 0.15) is 36.4 Å². The molecule has 4 N–H and O–H groups in total. The highest BCUT2D eigenvalue weighted by molar-refractivity contribution is 5.93. The van der Waals surface area contributed by atoms with Gasteiger partial charge >= 0.3 is 12.1 Å². The molecule has 3 aromatic carbocycles. The third-order valence-electron chi connectivity index (χ3n) is 9.66. The molecule has 0 spiro atoms. The van der Waals surface area contributed by atoms with Crippen molar-refractivity contribution in [2.45, 2.75) is 25.1 Å². The summed E-state index contributed by atoms with van der Waals surface area (Å²) in [5, 5.41) is 17.3. The quantitative estimate of drug-likeness (QED) is 0.148. The first-order valence-corrected chi connectivity index (χ1v) is 17.2. The number of alkyl carbamates (subject to hydrolysis) is 1. The number of amides is 3. The van der Waals surface area contributed by atoms with Gasteiger partial charge in [-0.25, -0.2) is 27.7 Å². The van der Waals surface area contributed by atoms with Gasteiger partial charge in [0, 0.05) is 49.7 Å². The number of halogens is 3. The van der Waals surface area contributed by atoms with Crippen molar-refractivity contribution in [2.75, 3.05) is 24.5 Å². The van der Waals surface area contributed by atoms with E-state index in [4.69, 9.17) is 4.74 Å². The van der Waals surface area contributed by atoms with E-state index in [1.54, 1.807) is 41.3 Å². The Bertz CT molecular complexity index is 2350. The van der Waals surface area contributed by atoms with Gasteiger partial charge in [-0.2, -0.15) is 0 Å². The minimum Gasteiger partial charge on any atom is -0.477 e. The molecule has 16 heteroatoms. The Morgan fingerprint density at radius 3 is 2.22 bits per heavy atom. The Labute approximate surface area is 310 Å². The number of ether oxygens (including phenoxy) is 1. The number of nitrogens with zero attached hydrogens (tertiary/aromatic N) is 3. The van der Waals surface area contributed by atoms with Gasteiger partial charge in [-0.05, 0) is 29.3 Å². The van der Waals surface area contributed by atoms with E-state index in [0.29, 0.717) is 6.07 Å². The van der Waals surface area contributed by atoms with Crippen molar-refractivity contribution in [3.8, 4) is 5.69 Å². The molecule has 5 aromatic rings.